The van der Waals surface area contributed by atoms with E-state index in [1.165, 1.54) is 22.4 Å². The van der Waals surface area contributed by atoms with Gasteiger partial charge in [0.05, 0.1) is 28.4 Å². The van der Waals surface area contributed by atoms with Crippen LogP contribution < -0.4 is 16.6 Å². The molecule has 3 aromatic heterocycles. The Bertz CT molecular complexity index is 1600. The number of rotatable bonds is 6. The molecule has 1 aliphatic carbocycles. The molecule has 1 amide bonds. The summed E-state index contributed by atoms with van der Waals surface area (Å²) in [6, 6.07) is 8.52. The van der Waals surface area contributed by atoms with Crippen LogP contribution in [0.15, 0.2) is 51.3 Å². The van der Waals surface area contributed by atoms with Gasteiger partial charge in [-0.3, -0.25) is 18.7 Å². The molecule has 0 atom stereocenters. The number of hydrogen-bond donors (Lipinski definition) is 2. The third-order valence-electron chi connectivity index (χ3n) is 7.61. The van der Waals surface area contributed by atoms with E-state index in [2.05, 4.69) is 20.3 Å². The first-order chi connectivity index (χ1) is 19.0. The summed E-state index contributed by atoms with van der Waals surface area (Å²) in [6.45, 7) is 0. The molecule has 1 saturated carbocycles. The molecule has 0 spiro atoms. The SMILES string of the molecule is O=C(CSc1nc2ccccc2[nH]1)NC1CCC(n2c(=O)c3cc(F)cnc3n(C3CCSCC3)c2=O)CC1. The number of nitrogens with one attached hydrogen (secondary N) is 2. The number of aromatic nitrogens is 5. The molecular weight excluding hydrogens is 539 g/mol. The largest absolute Gasteiger partial charge is 0.353 e. The Labute approximate surface area is 232 Å². The van der Waals surface area contributed by atoms with E-state index in [0.29, 0.717) is 30.8 Å². The molecule has 0 bridgehead atoms. The fourth-order valence-corrected chi connectivity index (χ4v) is 7.46. The van der Waals surface area contributed by atoms with Crippen LogP contribution in [0.2, 0.25) is 0 Å². The smallest absolute Gasteiger partial charge is 0.333 e. The van der Waals surface area contributed by atoms with Gasteiger partial charge in [-0.25, -0.2) is 19.2 Å². The lowest BCUT2D eigenvalue weighted by Gasteiger charge is -2.31. The molecule has 2 N–H and O–H groups in total. The highest BCUT2D eigenvalue weighted by Gasteiger charge is 2.29. The maximum absolute atomic E-state index is 14.1. The highest BCUT2D eigenvalue weighted by atomic mass is 32.2. The Morgan fingerprint density at radius 2 is 1.82 bits per heavy atom. The molecule has 1 aliphatic heterocycles. The van der Waals surface area contributed by atoms with Crippen LogP contribution in [0.4, 0.5) is 4.39 Å². The van der Waals surface area contributed by atoms with Crippen molar-refractivity contribution in [3.63, 3.8) is 0 Å². The zero-order valence-corrected chi connectivity index (χ0v) is 22.9. The summed E-state index contributed by atoms with van der Waals surface area (Å²) in [7, 11) is 0. The van der Waals surface area contributed by atoms with Crippen molar-refractivity contribution in [2.24, 2.45) is 0 Å². The predicted molar refractivity (Wildman–Crippen MR) is 152 cm³/mol. The van der Waals surface area contributed by atoms with Crippen molar-refractivity contribution < 1.29 is 9.18 Å². The zero-order chi connectivity index (χ0) is 26.9. The molecule has 204 valence electrons. The summed E-state index contributed by atoms with van der Waals surface area (Å²) in [4.78, 5) is 51.7. The number of imidazole rings is 1. The van der Waals surface area contributed by atoms with E-state index in [4.69, 9.17) is 0 Å². The maximum Gasteiger partial charge on any atom is 0.333 e. The van der Waals surface area contributed by atoms with Crippen LogP contribution in [0.25, 0.3) is 22.1 Å². The van der Waals surface area contributed by atoms with Gasteiger partial charge in [0.25, 0.3) is 5.56 Å². The summed E-state index contributed by atoms with van der Waals surface area (Å²) >= 11 is 3.20. The fraction of sp³-hybridized carbons (Fsp3) is 0.444. The minimum absolute atomic E-state index is 0.0297. The minimum atomic E-state index is -0.595. The van der Waals surface area contributed by atoms with Crippen LogP contribution in [0.3, 0.4) is 0 Å². The number of aromatic amines is 1. The molecule has 6 rings (SSSR count). The Kier molecular flexibility index (Phi) is 7.48. The molecule has 2 fully saturated rings. The van der Waals surface area contributed by atoms with Crippen molar-refractivity contribution in [3.8, 4) is 0 Å². The predicted octanol–water partition coefficient (Wildman–Crippen LogP) is 4.03. The number of nitrogens with zero attached hydrogens (tertiary/aromatic N) is 4. The molecule has 12 heteroatoms. The van der Waals surface area contributed by atoms with E-state index < -0.39 is 11.4 Å². The van der Waals surface area contributed by atoms with E-state index in [1.807, 2.05) is 36.0 Å². The molecule has 4 heterocycles. The summed E-state index contributed by atoms with van der Waals surface area (Å²) in [5.74, 6) is 1.43. The first kappa shape index (κ1) is 26.1. The fourth-order valence-electron chi connectivity index (χ4n) is 5.68. The van der Waals surface area contributed by atoms with Gasteiger partial charge in [-0.1, -0.05) is 23.9 Å². The van der Waals surface area contributed by atoms with Crippen LogP contribution in [-0.4, -0.2) is 53.3 Å². The second kappa shape index (κ2) is 11.2. The van der Waals surface area contributed by atoms with Crippen molar-refractivity contribution in [3.05, 3.63) is 63.2 Å². The van der Waals surface area contributed by atoms with Gasteiger partial charge in [0, 0.05) is 18.1 Å². The van der Waals surface area contributed by atoms with Gasteiger partial charge in [0.15, 0.2) is 5.16 Å². The van der Waals surface area contributed by atoms with Gasteiger partial charge in [0.1, 0.15) is 11.5 Å². The molecule has 9 nitrogen and oxygen atoms in total. The number of fused-ring (bicyclic) bond motifs is 2. The maximum atomic E-state index is 14.1. The van der Waals surface area contributed by atoms with Crippen LogP contribution in [0, 0.1) is 5.82 Å². The van der Waals surface area contributed by atoms with E-state index in [0.717, 1.165) is 41.6 Å². The zero-order valence-electron chi connectivity index (χ0n) is 21.3. The second-order valence-corrected chi connectivity index (χ2v) is 12.3. The number of pyridine rings is 1. The highest BCUT2D eigenvalue weighted by molar-refractivity contribution is 7.99. The molecule has 1 aromatic carbocycles. The van der Waals surface area contributed by atoms with Crippen LogP contribution in [-0.2, 0) is 4.79 Å². The van der Waals surface area contributed by atoms with Gasteiger partial charge in [-0.2, -0.15) is 11.8 Å². The number of hydrogen-bond acceptors (Lipinski definition) is 7. The minimum Gasteiger partial charge on any atom is -0.353 e. The molecule has 0 radical (unpaired) electrons. The average Bonchev–Trinajstić information content (AvgIpc) is 3.37. The first-order valence-corrected chi connectivity index (χ1v) is 15.4. The first-order valence-electron chi connectivity index (χ1n) is 13.2. The number of carbonyl (C=O) groups excluding carboxylic acids is 1. The number of thioether (sulfide) groups is 2. The monoisotopic (exact) mass is 568 g/mol. The average molecular weight is 569 g/mol. The highest BCUT2D eigenvalue weighted by Crippen LogP contribution is 2.30. The Morgan fingerprint density at radius 3 is 2.59 bits per heavy atom. The lowest BCUT2D eigenvalue weighted by Crippen LogP contribution is -2.46. The van der Waals surface area contributed by atoms with Gasteiger partial charge in [0.2, 0.25) is 5.91 Å². The number of carbonyl (C=O) groups is 1. The number of amides is 1. The lowest BCUT2D eigenvalue weighted by molar-refractivity contribution is -0.119. The quantitative estimate of drug-likeness (QED) is 0.338. The molecular formula is C27H29FN6O3S2. The van der Waals surface area contributed by atoms with E-state index >= 15 is 0 Å². The molecule has 4 aromatic rings. The van der Waals surface area contributed by atoms with Gasteiger partial charge in [-0.15, -0.1) is 0 Å². The van der Waals surface area contributed by atoms with Gasteiger partial charge >= 0.3 is 5.69 Å². The Balaban J connectivity index is 1.15. The van der Waals surface area contributed by atoms with Gasteiger partial charge in [-0.05, 0) is 68.2 Å². The number of para-hydroxylation sites is 2. The van der Waals surface area contributed by atoms with Crippen molar-refractivity contribution in [2.75, 3.05) is 17.3 Å². The van der Waals surface area contributed by atoms with Crippen molar-refractivity contribution in [2.45, 2.75) is 61.8 Å². The number of benzene rings is 1. The number of H-pyrrole nitrogens is 1. The summed E-state index contributed by atoms with van der Waals surface area (Å²) in [6.07, 6.45) is 5.13. The molecule has 1 saturated heterocycles. The third-order valence-corrected chi connectivity index (χ3v) is 9.54. The van der Waals surface area contributed by atoms with E-state index in [9.17, 15) is 18.8 Å². The number of halogens is 1. The van der Waals surface area contributed by atoms with Crippen LogP contribution in [0.1, 0.15) is 50.6 Å². The van der Waals surface area contributed by atoms with E-state index in [-0.39, 0.29) is 46.5 Å². The molecule has 0 unspecified atom stereocenters. The topological polar surface area (TPSA) is 115 Å². The van der Waals surface area contributed by atoms with E-state index in [1.54, 1.807) is 4.57 Å². The molecule has 39 heavy (non-hydrogen) atoms. The summed E-state index contributed by atoms with van der Waals surface area (Å²) in [5.41, 5.74) is 1.21. The van der Waals surface area contributed by atoms with Crippen LogP contribution in [0.5, 0.6) is 0 Å². The summed E-state index contributed by atoms with van der Waals surface area (Å²) < 4.78 is 17.1. The van der Waals surface area contributed by atoms with Gasteiger partial charge < -0.3 is 10.3 Å². The normalized spacial score (nSPS) is 20.4. The summed E-state index contributed by atoms with van der Waals surface area (Å²) in [5, 5.41) is 3.93. The van der Waals surface area contributed by atoms with Crippen LogP contribution >= 0.6 is 23.5 Å². The lowest BCUT2D eigenvalue weighted by atomic mass is 9.91. The van der Waals surface area contributed by atoms with Crippen molar-refractivity contribution in [1.29, 1.82) is 0 Å². The Morgan fingerprint density at radius 1 is 1.08 bits per heavy atom. The Hall–Kier alpha value is -3.12. The molecule has 2 aliphatic rings. The second-order valence-electron chi connectivity index (χ2n) is 10.1. The standard InChI is InChI=1S/C27H29FN6O3S2/c28-16-13-20-24(29-14-16)33(19-9-11-38-12-10-19)27(37)34(25(20)36)18-7-5-17(6-8-18)30-23(35)15-39-26-31-21-3-1-2-4-22(21)32-26/h1-4,13-14,17-19H,5-12,15H2,(H,30,35)(H,31,32). The third kappa shape index (κ3) is 5.36. The van der Waals surface area contributed by atoms with Crippen molar-refractivity contribution >= 4 is 51.5 Å². The van der Waals surface area contributed by atoms with Crippen molar-refractivity contribution in [1.82, 2.24) is 29.4 Å².